The summed E-state index contributed by atoms with van der Waals surface area (Å²) in [6, 6.07) is 0. The molecule has 4 atom stereocenters. The number of phosphoric ester groups is 2. The van der Waals surface area contributed by atoms with Crippen LogP contribution >= 0.6 is 16.3 Å². The summed E-state index contributed by atoms with van der Waals surface area (Å²) in [5, 5.41) is 0. The van der Waals surface area contributed by atoms with Crippen LogP contribution in [-0.4, -0.2) is 152 Å². The van der Waals surface area contributed by atoms with Gasteiger partial charge in [0.25, 0.3) is 0 Å². The number of hydrogen-bond acceptors (Lipinski definition) is 12. The Kier molecular flexibility index (Phi) is 42.4. The first-order chi connectivity index (χ1) is 30.5. The van der Waals surface area contributed by atoms with Crippen molar-refractivity contribution in [3.05, 3.63) is 0 Å². The minimum atomic E-state index is -4.16. The lowest BCUT2D eigenvalue weighted by Gasteiger charge is -2.26. The molecule has 2 N–H and O–H groups in total. The van der Waals surface area contributed by atoms with Gasteiger partial charge in [0, 0.05) is 26.4 Å². The first-order valence-corrected chi connectivity index (χ1v) is 28.7. The monoisotopic (exact) mass is 963 g/mol. The van der Waals surface area contributed by atoms with Crippen molar-refractivity contribution in [1.29, 1.82) is 0 Å². The molecule has 2 unspecified atom stereocenters. The highest BCUT2D eigenvalue weighted by atomic mass is 31.2. The van der Waals surface area contributed by atoms with Crippen LogP contribution in [0.3, 0.4) is 0 Å². The fraction of sp³-hybridized carbons (Fsp3) is 1.00. The van der Waals surface area contributed by atoms with E-state index in [1.807, 2.05) is 42.3 Å². The maximum atomic E-state index is 12.4. The van der Waals surface area contributed by atoms with E-state index in [1.165, 1.54) is 116 Å². The molecule has 0 aliphatic rings. The quantitative estimate of drug-likeness (QED) is 0.0338. The van der Waals surface area contributed by atoms with Crippen molar-refractivity contribution in [2.24, 2.45) is 0 Å². The van der Waals surface area contributed by atoms with Crippen LogP contribution in [0.1, 0.15) is 181 Å². The van der Waals surface area contributed by atoms with Crippen molar-refractivity contribution in [1.82, 2.24) is 0 Å². The van der Waals surface area contributed by atoms with E-state index in [1.54, 1.807) is 0 Å². The molecule has 0 aliphatic heterocycles. The average molecular weight is 963 g/mol. The smallest absolute Gasteiger partial charge is 0.377 e. The molecule has 0 spiro atoms. The number of quaternary nitrogens is 2. The van der Waals surface area contributed by atoms with Crippen LogP contribution in [0.25, 0.3) is 0 Å². The van der Waals surface area contributed by atoms with Crippen LogP contribution in [0.2, 0.25) is 0 Å². The Morgan fingerprint density at radius 3 is 0.906 bits per heavy atom. The summed E-state index contributed by atoms with van der Waals surface area (Å²) in [6.45, 7) is 8.99. The highest BCUT2D eigenvalue weighted by molar-refractivity contribution is 7.53. The molecule has 14 nitrogen and oxygen atoms in total. The third-order valence-electron chi connectivity index (χ3n) is 11.0. The third-order valence-corrected chi connectivity index (χ3v) is 13.0. The molecule has 0 aliphatic carbocycles. The van der Waals surface area contributed by atoms with Crippen LogP contribution in [0.5, 0.6) is 0 Å². The van der Waals surface area contributed by atoms with Gasteiger partial charge in [0.15, 0.2) is 0 Å². The lowest BCUT2D eigenvalue weighted by molar-refractivity contribution is -0.870. The number of unbranched alkanes of at least 4 members (excludes halogenated alkanes) is 23. The zero-order valence-corrected chi connectivity index (χ0v) is 44.6. The van der Waals surface area contributed by atoms with Crippen molar-refractivity contribution < 1.29 is 65.6 Å². The molecular formula is C48H104N2O12P2+2. The van der Waals surface area contributed by atoms with E-state index in [0.29, 0.717) is 61.7 Å². The Labute approximate surface area is 395 Å². The van der Waals surface area contributed by atoms with Gasteiger partial charge in [-0.25, -0.2) is 0 Å². The van der Waals surface area contributed by atoms with Gasteiger partial charge in [-0.1, -0.05) is 155 Å². The fourth-order valence-electron chi connectivity index (χ4n) is 6.80. The highest BCUT2D eigenvalue weighted by Gasteiger charge is 2.31. The van der Waals surface area contributed by atoms with E-state index in [4.69, 9.17) is 37.0 Å². The molecule has 0 bridgehead atoms. The summed E-state index contributed by atoms with van der Waals surface area (Å²) in [4.78, 5) is 45.2. The van der Waals surface area contributed by atoms with Gasteiger partial charge in [0.05, 0.1) is 55.5 Å². The summed E-state index contributed by atoms with van der Waals surface area (Å²) in [7, 11) is 3.70. The van der Waals surface area contributed by atoms with Crippen LogP contribution in [0.15, 0.2) is 0 Å². The van der Waals surface area contributed by atoms with Gasteiger partial charge < -0.3 is 37.7 Å². The van der Waals surface area contributed by atoms with Gasteiger partial charge in [0.1, 0.15) is 51.7 Å². The molecule has 0 fully saturated rings. The van der Waals surface area contributed by atoms with Crippen molar-refractivity contribution in [2.45, 2.75) is 193 Å². The summed E-state index contributed by atoms with van der Waals surface area (Å²) in [6.07, 6.45) is 30.2. The Morgan fingerprint density at radius 1 is 0.359 bits per heavy atom. The Hall–Kier alpha value is 0.300. The minimum Gasteiger partial charge on any atom is -0.606 e. The van der Waals surface area contributed by atoms with E-state index in [0.717, 1.165) is 51.4 Å². The molecule has 16 heteroatoms. The molecule has 0 saturated carbocycles. The predicted molar refractivity (Wildman–Crippen MR) is 260 cm³/mol. The standard InChI is InChI=1S/C48H102N2O12P2/c1-9-11-13-15-29-33-39-57-47(45-61-63(51,52)59-41-35-49(3,4)5)43-55-37-31-27-25-23-21-19-17-18-20-22-24-26-28-32-38-56-44-48(58-40-34-30-16-14-12-10-2)46-62-64(53,54)60-42-36-50(6,7)8/h47-48H,9-46H2,1-8H3/p+2/t47-,48-/m0/s1. The van der Waals surface area contributed by atoms with Crippen molar-refractivity contribution in [3.8, 4) is 0 Å². The minimum absolute atomic E-state index is 0.0343. The summed E-state index contributed by atoms with van der Waals surface area (Å²) in [5.41, 5.74) is 0. The van der Waals surface area contributed by atoms with Crippen LogP contribution in [0, 0.1) is 0 Å². The van der Waals surface area contributed by atoms with Crippen LogP contribution in [-0.2, 0) is 37.0 Å². The molecule has 0 amide bonds. The molecule has 0 rings (SSSR count). The molecule has 0 radical (unpaired) electrons. The Bertz CT molecular complexity index is 916. The van der Waals surface area contributed by atoms with Gasteiger partial charge in [-0.2, -0.15) is 27.9 Å². The largest absolute Gasteiger partial charge is 0.606 e. The maximum Gasteiger partial charge on any atom is 0.377 e. The second-order valence-electron chi connectivity index (χ2n) is 19.8. The predicted octanol–water partition coefficient (Wildman–Crippen LogP) is 9.51. The van der Waals surface area contributed by atoms with E-state index in [9.17, 15) is 19.6 Å². The van der Waals surface area contributed by atoms with Gasteiger partial charge in [-0.05, 0) is 25.7 Å². The number of likely N-dealkylation sites (N-methyl/N-ethyl adjacent to an activating group) is 2. The third kappa shape index (κ3) is 48.7. The highest BCUT2D eigenvalue weighted by Crippen LogP contribution is 2.48. The second kappa shape index (κ2) is 42.2. The first kappa shape index (κ1) is 64.3. The number of hydrogen-bond donors (Lipinski definition) is 2. The number of rotatable bonds is 51. The summed E-state index contributed by atoms with van der Waals surface area (Å²) in [5.74, 6) is 0. The second-order valence-corrected chi connectivity index (χ2v) is 22.8. The van der Waals surface area contributed by atoms with Gasteiger partial charge in [0.2, 0.25) is 0 Å². The van der Waals surface area contributed by atoms with Gasteiger partial charge in [-0.3, -0.25) is 0 Å². The molecule has 0 aromatic rings. The number of phosphoric acid groups is 2. The first-order valence-electron chi connectivity index (χ1n) is 25.7. The molecule has 0 heterocycles. The SMILES string of the molecule is CCCCCCCCO[C@@H](COCCCCCCCCCCCCCCCCOC[C@@H](CO[P+]([O-])(O)OCC[N+](C)(C)C)OCCCCCCCC)CO[P+]([O-])(O)OCC[N+](C)(C)C. The van der Waals surface area contributed by atoms with Crippen LogP contribution < -0.4 is 9.79 Å². The maximum absolute atomic E-state index is 12.4. The lowest BCUT2D eigenvalue weighted by atomic mass is 10.0. The number of nitrogens with zero attached hydrogens (tertiary/aromatic N) is 2. The van der Waals surface area contributed by atoms with E-state index in [2.05, 4.69) is 13.8 Å². The van der Waals surface area contributed by atoms with Crippen LogP contribution in [0.4, 0.5) is 0 Å². The molecule has 0 aromatic carbocycles. The summed E-state index contributed by atoms with van der Waals surface area (Å²) < 4.78 is 46.2. The van der Waals surface area contributed by atoms with Crippen molar-refractivity contribution >= 4 is 16.3 Å². The molecule has 0 saturated heterocycles. The van der Waals surface area contributed by atoms with Gasteiger partial charge in [-0.15, -0.1) is 0 Å². The molecular weight excluding hydrogens is 858 g/mol. The average Bonchev–Trinajstić information content (AvgIpc) is 3.21. The normalized spacial score (nSPS) is 15.4. The topological polar surface area (TPSA) is 160 Å². The molecule has 386 valence electrons. The van der Waals surface area contributed by atoms with Crippen molar-refractivity contribution in [3.63, 3.8) is 0 Å². The zero-order valence-electron chi connectivity index (χ0n) is 42.8. The Balaban J connectivity index is 4.08. The zero-order chi connectivity index (χ0) is 47.7. The fourth-order valence-corrected chi connectivity index (χ4v) is 8.28. The lowest BCUT2D eigenvalue weighted by Crippen LogP contribution is -2.38. The molecule has 64 heavy (non-hydrogen) atoms. The summed E-state index contributed by atoms with van der Waals surface area (Å²) >= 11 is 0. The molecule has 0 aromatic heterocycles. The van der Waals surface area contributed by atoms with E-state index >= 15 is 0 Å². The van der Waals surface area contributed by atoms with E-state index in [-0.39, 0.29) is 26.4 Å². The van der Waals surface area contributed by atoms with E-state index < -0.39 is 28.5 Å². The number of ether oxygens (including phenoxy) is 4. The van der Waals surface area contributed by atoms with Crippen molar-refractivity contribution in [2.75, 3.05) is 121 Å². The van der Waals surface area contributed by atoms with Gasteiger partial charge >= 0.3 is 16.3 Å². The Morgan fingerprint density at radius 2 is 0.625 bits per heavy atom.